The van der Waals surface area contributed by atoms with Gasteiger partial charge in [0, 0.05) is 43.4 Å². The number of carbonyl (C=O) groups excluding carboxylic acids is 2. The number of nitrogens with one attached hydrogen (secondary N) is 1. The van der Waals surface area contributed by atoms with Gasteiger partial charge in [0.2, 0.25) is 5.91 Å². The summed E-state index contributed by atoms with van der Waals surface area (Å²) < 4.78 is 0. The Balaban J connectivity index is 1.14. The average Bonchev–Trinajstić information content (AvgIpc) is 2.78. The maximum Gasteiger partial charge on any atom is 0.224 e. The molecule has 4 saturated carbocycles. The van der Waals surface area contributed by atoms with Gasteiger partial charge in [-0.1, -0.05) is 44.2 Å². The van der Waals surface area contributed by atoms with Crippen LogP contribution in [0.2, 0.25) is 0 Å². The number of hydrogen-bond donors (Lipinski definition) is 1. The number of piperidine rings is 1. The van der Waals surface area contributed by atoms with Crippen molar-refractivity contribution in [2.24, 2.45) is 35.0 Å². The average molecular weight is 451 g/mol. The normalized spacial score (nSPS) is 32.8. The van der Waals surface area contributed by atoms with E-state index in [9.17, 15) is 9.59 Å². The van der Waals surface area contributed by atoms with Crippen LogP contribution in [0.25, 0.3) is 0 Å². The lowest BCUT2D eigenvalue weighted by atomic mass is 9.48. The van der Waals surface area contributed by atoms with E-state index in [-0.39, 0.29) is 29.2 Å². The van der Waals surface area contributed by atoms with Crippen LogP contribution in [0.4, 0.5) is 0 Å². The first kappa shape index (κ1) is 23.1. The fourth-order valence-electron chi connectivity index (χ4n) is 7.88. The third kappa shape index (κ3) is 5.06. The molecule has 5 fully saturated rings. The van der Waals surface area contributed by atoms with Gasteiger partial charge in [0.1, 0.15) is 5.78 Å². The van der Waals surface area contributed by atoms with Crippen LogP contribution < -0.4 is 5.32 Å². The molecule has 0 radical (unpaired) electrons. The van der Waals surface area contributed by atoms with E-state index in [1.807, 2.05) is 0 Å². The number of Topliss-reactive ketones (excluding diaryl/α,β-unsaturated/α-hetero) is 1. The molecule has 1 amide bonds. The Kier molecular flexibility index (Phi) is 6.66. The molecular weight excluding hydrogens is 408 g/mol. The molecular formula is C29H42N2O2. The quantitative estimate of drug-likeness (QED) is 0.591. The Hall–Kier alpha value is -1.68. The zero-order valence-corrected chi connectivity index (χ0v) is 20.6. The van der Waals surface area contributed by atoms with Crippen LogP contribution in [-0.4, -0.2) is 35.7 Å². The molecule has 1 atom stereocenters. The number of benzene rings is 1. The molecule has 4 bridgehead atoms. The van der Waals surface area contributed by atoms with E-state index in [1.165, 1.54) is 24.8 Å². The van der Waals surface area contributed by atoms with Crippen LogP contribution in [0.3, 0.4) is 0 Å². The lowest BCUT2D eigenvalue weighted by molar-refractivity contribution is -0.147. The molecule has 5 aliphatic rings. The third-order valence-corrected chi connectivity index (χ3v) is 9.36. The van der Waals surface area contributed by atoms with E-state index in [1.54, 1.807) is 0 Å². The van der Waals surface area contributed by atoms with Gasteiger partial charge in [-0.2, -0.15) is 0 Å². The molecule has 1 N–H and O–H groups in total. The van der Waals surface area contributed by atoms with Crippen LogP contribution in [0, 0.1) is 35.0 Å². The second-order valence-corrected chi connectivity index (χ2v) is 12.2. The second-order valence-electron chi connectivity index (χ2n) is 12.2. The maximum absolute atomic E-state index is 13.6. The van der Waals surface area contributed by atoms with E-state index in [4.69, 9.17) is 0 Å². The highest BCUT2D eigenvalue weighted by atomic mass is 16.2. The Morgan fingerprint density at radius 2 is 1.55 bits per heavy atom. The van der Waals surface area contributed by atoms with E-state index in [2.05, 4.69) is 54.4 Å². The van der Waals surface area contributed by atoms with Gasteiger partial charge >= 0.3 is 0 Å². The van der Waals surface area contributed by atoms with Gasteiger partial charge in [0.25, 0.3) is 0 Å². The molecule has 1 aliphatic heterocycles. The van der Waals surface area contributed by atoms with Crippen molar-refractivity contribution in [3.05, 3.63) is 35.9 Å². The van der Waals surface area contributed by atoms with Crippen LogP contribution >= 0.6 is 0 Å². The minimum absolute atomic E-state index is 0.0923. The summed E-state index contributed by atoms with van der Waals surface area (Å²) in [6.45, 7) is 7.23. The molecule has 180 valence electrons. The van der Waals surface area contributed by atoms with Gasteiger partial charge in [-0.3, -0.25) is 14.5 Å². The standard InChI is InChI=1S/C29H42N2O2/c1-20(2)26(15-27(32)29-16-22-12-23(17-29)14-24(13-22)18-29)28(33)30-25-8-10-31(11-9-25)19-21-6-4-3-5-7-21/h3-7,20,22-26H,8-19H2,1-2H3,(H,30,33). The van der Waals surface area contributed by atoms with Crippen molar-refractivity contribution in [1.82, 2.24) is 10.2 Å². The number of ketones is 1. The van der Waals surface area contributed by atoms with Gasteiger partial charge in [0.15, 0.2) is 0 Å². The molecule has 33 heavy (non-hydrogen) atoms. The summed E-state index contributed by atoms with van der Waals surface area (Å²) in [4.78, 5) is 29.4. The van der Waals surface area contributed by atoms with Crippen molar-refractivity contribution in [2.45, 2.75) is 84.2 Å². The summed E-state index contributed by atoms with van der Waals surface area (Å²) in [7, 11) is 0. The van der Waals surface area contributed by atoms with Crippen molar-refractivity contribution in [3.8, 4) is 0 Å². The topological polar surface area (TPSA) is 49.4 Å². The molecule has 6 rings (SSSR count). The van der Waals surface area contributed by atoms with Crippen LogP contribution in [0.15, 0.2) is 30.3 Å². The van der Waals surface area contributed by atoms with Crippen molar-refractivity contribution in [2.75, 3.05) is 13.1 Å². The monoisotopic (exact) mass is 450 g/mol. The van der Waals surface area contributed by atoms with Crippen molar-refractivity contribution < 1.29 is 9.59 Å². The van der Waals surface area contributed by atoms with Crippen LogP contribution in [0.1, 0.15) is 77.2 Å². The summed E-state index contributed by atoms with van der Waals surface area (Å²) in [5.74, 6) is 2.85. The smallest absolute Gasteiger partial charge is 0.224 e. The number of hydrogen-bond acceptors (Lipinski definition) is 3. The molecule has 0 aromatic heterocycles. The Morgan fingerprint density at radius 1 is 0.970 bits per heavy atom. The minimum Gasteiger partial charge on any atom is -0.353 e. The predicted octanol–water partition coefficient (Wildman–Crippen LogP) is 5.22. The number of amides is 1. The summed E-state index contributed by atoms with van der Waals surface area (Å²) >= 11 is 0. The Morgan fingerprint density at radius 3 is 2.09 bits per heavy atom. The molecule has 1 unspecified atom stereocenters. The maximum atomic E-state index is 13.6. The SMILES string of the molecule is CC(C)C(CC(=O)C12CC3CC(CC(C3)C1)C2)C(=O)NC1CCN(Cc2ccccc2)CC1. The minimum atomic E-state index is -0.187. The van der Waals surface area contributed by atoms with Gasteiger partial charge in [0.05, 0.1) is 0 Å². The van der Waals surface area contributed by atoms with Crippen molar-refractivity contribution in [1.29, 1.82) is 0 Å². The summed E-state index contributed by atoms with van der Waals surface area (Å²) in [6.07, 6.45) is 9.79. The third-order valence-electron chi connectivity index (χ3n) is 9.36. The fourth-order valence-corrected chi connectivity index (χ4v) is 7.88. The van der Waals surface area contributed by atoms with Gasteiger partial charge < -0.3 is 5.32 Å². The van der Waals surface area contributed by atoms with Gasteiger partial charge in [-0.25, -0.2) is 0 Å². The lowest BCUT2D eigenvalue weighted by Gasteiger charge is -2.56. The highest BCUT2D eigenvalue weighted by molar-refractivity contribution is 5.90. The lowest BCUT2D eigenvalue weighted by Crippen LogP contribution is -2.51. The first-order chi connectivity index (χ1) is 15.9. The number of likely N-dealkylation sites (tertiary alicyclic amines) is 1. The van der Waals surface area contributed by atoms with E-state index in [0.717, 1.165) is 69.5 Å². The second kappa shape index (κ2) is 9.52. The fraction of sp³-hybridized carbons (Fsp3) is 0.724. The molecule has 1 saturated heterocycles. The van der Waals surface area contributed by atoms with E-state index >= 15 is 0 Å². The zero-order chi connectivity index (χ0) is 23.0. The summed E-state index contributed by atoms with van der Waals surface area (Å²) in [5.41, 5.74) is 1.26. The first-order valence-electron chi connectivity index (χ1n) is 13.5. The van der Waals surface area contributed by atoms with Gasteiger partial charge in [-0.15, -0.1) is 0 Å². The number of nitrogens with zero attached hydrogens (tertiary/aromatic N) is 1. The van der Waals surface area contributed by atoms with Crippen LogP contribution in [-0.2, 0) is 16.1 Å². The van der Waals surface area contributed by atoms with E-state index < -0.39 is 0 Å². The Labute approximate surface area is 199 Å². The summed E-state index contributed by atoms with van der Waals surface area (Å²) in [5, 5.41) is 3.35. The predicted molar refractivity (Wildman–Crippen MR) is 131 cm³/mol. The highest BCUT2D eigenvalue weighted by Gasteiger charge is 2.54. The highest BCUT2D eigenvalue weighted by Crippen LogP contribution is 2.60. The largest absolute Gasteiger partial charge is 0.353 e. The molecule has 1 aromatic rings. The molecule has 1 aromatic carbocycles. The zero-order valence-electron chi connectivity index (χ0n) is 20.6. The molecule has 4 nitrogen and oxygen atoms in total. The Bertz CT molecular complexity index is 805. The molecule has 0 spiro atoms. The van der Waals surface area contributed by atoms with E-state index in [0.29, 0.717) is 12.2 Å². The molecule has 4 heteroatoms. The van der Waals surface area contributed by atoms with Crippen molar-refractivity contribution in [3.63, 3.8) is 0 Å². The van der Waals surface area contributed by atoms with Crippen molar-refractivity contribution >= 4 is 11.7 Å². The number of rotatable bonds is 8. The first-order valence-corrected chi connectivity index (χ1v) is 13.5. The number of carbonyl (C=O) groups is 2. The molecule has 4 aliphatic carbocycles. The van der Waals surface area contributed by atoms with Gasteiger partial charge in [-0.05, 0) is 80.6 Å². The van der Waals surface area contributed by atoms with Crippen LogP contribution in [0.5, 0.6) is 0 Å². The molecule has 1 heterocycles. The summed E-state index contributed by atoms with van der Waals surface area (Å²) in [6, 6.07) is 10.9.